The number of fused-ring (bicyclic) bond motifs is 3. The summed E-state index contributed by atoms with van der Waals surface area (Å²) >= 11 is 0. The second-order valence-electron chi connectivity index (χ2n) is 12.5. The molecule has 2 aromatic rings. The zero-order valence-electron chi connectivity index (χ0n) is 24.1. The number of halogens is 3. The number of methoxy groups -OCH3 is 1. The highest BCUT2D eigenvalue weighted by atomic mass is 32.2. The van der Waals surface area contributed by atoms with Crippen LogP contribution in [0.15, 0.2) is 18.2 Å². The number of nitrogens with two attached hydrogens (primary N) is 1. The summed E-state index contributed by atoms with van der Waals surface area (Å²) in [5.41, 5.74) is 6.18. The Hall–Kier alpha value is -1.35. The molecule has 0 saturated carbocycles. The van der Waals surface area contributed by atoms with Crippen molar-refractivity contribution < 1.29 is 31.6 Å². The lowest BCUT2D eigenvalue weighted by Crippen LogP contribution is -2.46. The topological polar surface area (TPSA) is 101 Å². The van der Waals surface area contributed by atoms with Crippen molar-refractivity contribution in [1.82, 2.24) is 14.3 Å². The maximum Gasteiger partial charge on any atom is 0.416 e. The van der Waals surface area contributed by atoms with Crippen LogP contribution in [0.2, 0.25) is 25.2 Å². The van der Waals surface area contributed by atoms with Crippen LogP contribution in [0.3, 0.4) is 0 Å². The molecule has 1 aliphatic rings. The van der Waals surface area contributed by atoms with Crippen LogP contribution >= 0.6 is 0 Å². The number of aromatic nitrogens is 2. The van der Waals surface area contributed by atoms with E-state index in [0.29, 0.717) is 31.0 Å². The average Bonchev–Trinajstić information content (AvgIpc) is 3.16. The highest BCUT2D eigenvalue weighted by Crippen LogP contribution is 2.37. The number of hydrogen-bond donors (Lipinski definition) is 2. The van der Waals surface area contributed by atoms with Crippen molar-refractivity contribution in [2.75, 3.05) is 26.9 Å². The predicted molar refractivity (Wildman–Crippen MR) is 150 cm³/mol. The fraction of sp³-hybridized carbons (Fsp3) is 0.731. The van der Waals surface area contributed by atoms with Crippen LogP contribution in [0.1, 0.15) is 57.6 Å². The lowest BCUT2D eigenvalue weighted by atomic mass is 10.1. The smallest absolute Gasteiger partial charge is 0.383 e. The largest absolute Gasteiger partial charge is 0.416 e. The maximum absolute atomic E-state index is 13.7. The molecular weight excluding hydrogens is 549 g/mol. The second-order valence-corrected chi connectivity index (χ2v) is 19.9. The van der Waals surface area contributed by atoms with Crippen LogP contribution in [-0.4, -0.2) is 65.3 Å². The molecule has 1 aliphatic heterocycles. The summed E-state index contributed by atoms with van der Waals surface area (Å²) in [6.45, 7) is 13.1. The highest BCUT2D eigenvalue weighted by Gasteiger charge is 2.49. The van der Waals surface area contributed by atoms with E-state index in [1.807, 2.05) is 36.6 Å². The fourth-order valence-corrected chi connectivity index (χ4v) is 7.46. The molecule has 8 nitrogen and oxygen atoms in total. The zero-order valence-corrected chi connectivity index (χ0v) is 26.0. The summed E-state index contributed by atoms with van der Waals surface area (Å²) in [6.07, 6.45) is -3.94. The van der Waals surface area contributed by atoms with Crippen LogP contribution in [0.25, 0.3) is 11.0 Å². The minimum atomic E-state index is -4.58. The van der Waals surface area contributed by atoms with Crippen molar-refractivity contribution >= 4 is 30.1 Å². The minimum absolute atomic E-state index is 0.143. The molecule has 4 atom stereocenters. The first-order valence-corrected chi connectivity index (χ1v) is 17.8. The molecule has 39 heavy (non-hydrogen) atoms. The fourth-order valence-electron chi connectivity index (χ4n) is 4.47. The van der Waals surface area contributed by atoms with Crippen LogP contribution in [0.5, 0.6) is 0 Å². The third kappa shape index (κ3) is 7.49. The van der Waals surface area contributed by atoms with E-state index >= 15 is 0 Å². The Morgan fingerprint density at radius 2 is 1.97 bits per heavy atom. The molecule has 0 saturated heterocycles. The van der Waals surface area contributed by atoms with Crippen molar-refractivity contribution in [1.29, 1.82) is 0 Å². The molecule has 0 amide bonds. The van der Waals surface area contributed by atoms with Gasteiger partial charge in [0, 0.05) is 13.7 Å². The van der Waals surface area contributed by atoms with E-state index in [2.05, 4.69) is 24.4 Å². The molecule has 1 aromatic carbocycles. The molecule has 0 radical (unpaired) electrons. The molecule has 1 aromatic heterocycles. The van der Waals surface area contributed by atoms with Gasteiger partial charge in [0.05, 0.1) is 54.1 Å². The van der Waals surface area contributed by atoms with Gasteiger partial charge in [0.25, 0.3) is 0 Å². The summed E-state index contributed by atoms with van der Waals surface area (Å²) in [6, 6.07) is 4.32. The Morgan fingerprint density at radius 3 is 2.56 bits per heavy atom. The molecule has 3 unspecified atom stereocenters. The van der Waals surface area contributed by atoms with Crippen molar-refractivity contribution in [3.05, 3.63) is 29.6 Å². The molecule has 0 fully saturated rings. The SMILES string of the molecule is COC[C@@H](N)c1ccc2c(c1)nc1n2COCC([Si](C)(C)C)CC(C)(C)S(=O)NC1COC(C)(C)C(F)(F)F. The van der Waals surface area contributed by atoms with Crippen LogP contribution in [0, 0.1) is 0 Å². The summed E-state index contributed by atoms with van der Waals surface area (Å²) in [4.78, 5) is 4.79. The van der Waals surface area contributed by atoms with Crippen molar-refractivity contribution in [2.24, 2.45) is 5.73 Å². The van der Waals surface area contributed by atoms with E-state index in [0.717, 1.165) is 24.9 Å². The predicted octanol–water partition coefficient (Wildman–Crippen LogP) is 5.20. The van der Waals surface area contributed by atoms with Crippen molar-refractivity contribution in [2.45, 2.75) is 94.6 Å². The molecule has 222 valence electrons. The third-order valence-corrected chi connectivity index (χ3v) is 11.9. The summed E-state index contributed by atoms with van der Waals surface area (Å²) in [7, 11) is -1.76. The van der Waals surface area contributed by atoms with Gasteiger partial charge in [-0.25, -0.2) is 13.9 Å². The number of hydrogen-bond acceptors (Lipinski definition) is 6. The van der Waals surface area contributed by atoms with Gasteiger partial charge in [-0.15, -0.1) is 0 Å². The van der Waals surface area contributed by atoms with Crippen LogP contribution in [0.4, 0.5) is 13.2 Å². The standard InChI is InChI=1S/C26H43F3N4O4SSi/c1-24(2)12-18(39(6,7)8)13-36-16-33-22-10-9-17(19(30)14-35-5)11-20(22)31-23(33)21(32-38(24)34)15-37-25(3,4)26(27,28)29/h9-11,18-19,21,32H,12-16,30H2,1-8H3/t18?,19-,21?,38?/m1/s1. The van der Waals surface area contributed by atoms with Gasteiger partial charge >= 0.3 is 6.18 Å². The van der Waals surface area contributed by atoms with E-state index in [-0.39, 0.29) is 18.3 Å². The second kappa shape index (κ2) is 11.9. The summed E-state index contributed by atoms with van der Waals surface area (Å²) in [5, 5.41) is 0. The lowest BCUT2D eigenvalue weighted by molar-refractivity contribution is -0.265. The summed E-state index contributed by atoms with van der Waals surface area (Å²) < 4.78 is 75.8. The first-order chi connectivity index (χ1) is 17.9. The Labute approximate surface area is 232 Å². The number of nitrogens with zero attached hydrogens (tertiary/aromatic N) is 2. The first kappa shape index (κ1) is 32.2. The molecular formula is C26H43F3N4O4SSi. The summed E-state index contributed by atoms with van der Waals surface area (Å²) in [5.74, 6) is 0.385. The number of alkyl halides is 3. The van der Waals surface area contributed by atoms with Gasteiger partial charge in [-0.2, -0.15) is 13.2 Å². The first-order valence-electron chi connectivity index (χ1n) is 13.1. The molecule has 2 heterocycles. The Kier molecular flexibility index (Phi) is 9.79. The number of imidazole rings is 1. The quantitative estimate of drug-likeness (QED) is 0.429. The zero-order chi connectivity index (χ0) is 29.4. The van der Waals surface area contributed by atoms with E-state index in [1.54, 1.807) is 7.11 Å². The monoisotopic (exact) mass is 592 g/mol. The average molecular weight is 593 g/mol. The molecule has 0 aliphatic carbocycles. The van der Waals surface area contributed by atoms with Crippen LogP contribution in [-0.2, 0) is 31.9 Å². The molecule has 0 bridgehead atoms. The minimum Gasteiger partial charge on any atom is -0.383 e. The van der Waals surface area contributed by atoms with Gasteiger partial charge in [0.15, 0.2) is 5.60 Å². The van der Waals surface area contributed by atoms with Gasteiger partial charge in [-0.05, 0) is 57.4 Å². The number of ether oxygens (including phenoxy) is 3. The van der Waals surface area contributed by atoms with E-state index in [1.165, 1.54) is 0 Å². The van der Waals surface area contributed by atoms with Gasteiger partial charge in [-0.3, -0.25) is 0 Å². The highest BCUT2D eigenvalue weighted by molar-refractivity contribution is 7.84. The van der Waals surface area contributed by atoms with Crippen molar-refractivity contribution in [3.63, 3.8) is 0 Å². The van der Waals surface area contributed by atoms with Gasteiger partial charge in [0.1, 0.15) is 18.6 Å². The Bertz CT molecular complexity index is 1170. The van der Waals surface area contributed by atoms with E-state index < -0.39 is 48.2 Å². The third-order valence-electron chi connectivity index (χ3n) is 7.43. The molecule has 3 rings (SSSR count). The maximum atomic E-state index is 13.7. The van der Waals surface area contributed by atoms with Gasteiger partial charge in [0.2, 0.25) is 0 Å². The Balaban J connectivity index is 2.12. The number of benzene rings is 1. The molecule has 13 heteroatoms. The lowest BCUT2D eigenvalue weighted by Gasteiger charge is -2.35. The van der Waals surface area contributed by atoms with Crippen molar-refractivity contribution in [3.8, 4) is 0 Å². The Morgan fingerprint density at radius 1 is 1.31 bits per heavy atom. The van der Waals surface area contributed by atoms with E-state index in [9.17, 15) is 17.4 Å². The number of rotatable bonds is 7. The van der Waals surface area contributed by atoms with Gasteiger partial charge < -0.3 is 24.5 Å². The van der Waals surface area contributed by atoms with Crippen LogP contribution < -0.4 is 10.5 Å². The normalized spacial score (nSPS) is 24.3. The van der Waals surface area contributed by atoms with Gasteiger partial charge in [-0.1, -0.05) is 25.7 Å². The molecule has 0 spiro atoms. The van der Waals surface area contributed by atoms with E-state index in [4.69, 9.17) is 24.9 Å². The molecule has 3 N–H and O–H groups in total. The number of nitrogens with one attached hydrogen (secondary N) is 1.